The van der Waals surface area contributed by atoms with Crippen LogP contribution in [0, 0.1) is 0 Å². The lowest BCUT2D eigenvalue weighted by atomic mass is 10.1. The third-order valence-electron chi connectivity index (χ3n) is 3.43. The van der Waals surface area contributed by atoms with Gasteiger partial charge in [-0.2, -0.15) is 13.2 Å². The van der Waals surface area contributed by atoms with Gasteiger partial charge in [0, 0.05) is 25.3 Å². The Bertz CT molecular complexity index is 482. The fourth-order valence-corrected chi connectivity index (χ4v) is 2.25. The third-order valence-corrected chi connectivity index (χ3v) is 3.43. The van der Waals surface area contributed by atoms with Gasteiger partial charge in [-0.25, -0.2) is 0 Å². The number of amides is 1. The number of rotatable bonds is 2. The predicted molar refractivity (Wildman–Crippen MR) is 81.7 cm³/mol. The Morgan fingerprint density at radius 1 is 1.36 bits per heavy atom. The summed E-state index contributed by atoms with van der Waals surface area (Å²) >= 11 is 0. The number of likely N-dealkylation sites (tertiary alicyclic amines) is 1. The van der Waals surface area contributed by atoms with Crippen LogP contribution < -0.4 is 5.32 Å². The summed E-state index contributed by atoms with van der Waals surface area (Å²) < 4.78 is 37.3. The number of pyridine rings is 1. The Hall–Kier alpha value is -1.05. The molecule has 1 aliphatic rings. The van der Waals surface area contributed by atoms with Crippen molar-refractivity contribution in [1.29, 1.82) is 0 Å². The first kappa shape index (κ1) is 20.9. The molecule has 1 atom stereocenters. The summed E-state index contributed by atoms with van der Waals surface area (Å²) in [6, 6.07) is 2.25. The van der Waals surface area contributed by atoms with Gasteiger partial charge < -0.3 is 10.2 Å². The van der Waals surface area contributed by atoms with Gasteiger partial charge in [0.25, 0.3) is 5.91 Å². The van der Waals surface area contributed by atoms with Crippen molar-refractivity contribution >= 4 is 30.7 Å². The summed E-state index contributed by atoms with van der Waals surface area (Å²) in [7, 11) is 1.83. The molecule has 9 heteroatoms. The standard InChI is InChI=1S/C13H16F3N3O.2ClH/c1-17-10-3-2-6-19(8-10)12(20)11-5-4-9(7-18-11)13(14,15)16;;/h4-5,7,10,17H,2-3,6,8H2,1H3;2*1H. The maximum atomic E-state index is 12.4. The van der Waals surface area contributed by atoms with E-state index >= 15 is 0 Å². The van der Waals surface area contributed by atoms with Gasteiger partial charge in [-0.05, 0) is 32.0 Å². The Kier molecular flexibility index (Phi) is 8.14. The largest absolute Gasteiger partial charge is 0.417 e. The molecule has 1 N–H and O–H groups in total. The van der Waals surface area contributed by atoms with Crippen molar-refractivity contribution < 1.29 is 18.0 Å². The molecule has 1 saturated heterocycles. The maximum Gasteiger partial charge on any atom is 0.417 e. The number of aromatic nitrogens is 1. The molecule has 0 spiro atoms. The van der Waals surface area contributed by atoms with Crippen LogP contribution in [-0.2, 0) is 6.18 Å². The fraction of sp³-hybridized carbons (Fsp3) is 0.538. The van der Waals surface area contributed by atoms with Crippen LogP contribution in [-0.4, -0.2) is 42.0 Å². The van der Waals surface area contributed by atoms with Crippen LogP contribution in [0.2, 0.25) is 0 Å². The lowest BCUT2D eigenvalue weighted by Gasteiger charge is -2.32. The molecular weight excluding hydrogens is 342 g/mol. The molecule has 0 saturated carbocycles. The summed E-state index contributed by atoms with van der Waals surface area (Å²) in [4.78, 5) is 17.4. The highest BCUT2D eigenvalue weighted by molar-refractivity contribution is 5.92. The molecule has 4 nitrogen and oxygen atoms in total. The van der Waals surface area contributed by atoms with E-state index in [1.54, 1.807) is 4.90 Å². The topological polar surface area (TPSA) is 45.2 Å². The summed E-state index contributed by atoms with van der Waals surface area (Å²) in [5.74, 6) is -0.321. The van der Waals surface area contributed by atoms with Crippen molar-refractivity contribution in [2.24, 2.45) is 0 Å². The van der Waals surface area contributed by atoms with Crippen molar-refractivity contribution in [2.45, 2.75) is 25.1 Å². The van der Waals surface area contributed by atoms with Crippen LogP contribution in [0.15, 0.2) is 18.3 Å². The number of carbonyl (C=O) groups is 1. The van der Waals surface area contributed by atoms with Crippen molar-refractivity contribution in [3.8, 4) is 0 Å². The summed E-state index contributed by atoms with van der Waals surface area (Å²) in [6.45, 7) is 1.16. The smallest absolute Gasteiger partial charge is 0.336 e. The van der Waals surface area contributed by atoms with E-state index in [1.165, 1.54) is 0 Å². The van der Waals surface area contributed by atoms with Crippen LogP contribution in [0.5, 0.6) is 0 Å². The molecule has 1 fully saturated rings. The number of halogens is 5. The summed E-state index contributed by atoms with van der Waals surface area (Å²) in [6.07, 6.45) is -1.87. The fourth-order valence-electron chi connectivity index (χ4n) is 2.25. The highest BCUT2D eigenvalue weighted by atomic mass is 35.5. The number of alkyl halides is 3. The molecule has 2 heterocycles. The van der Waals surface area contributed by atoms with Crippen LogP contribution in [0.3, 0.4) is 0 Å². The van der Waals surface area contributed by atoms with Gasteiger partial charge >= 0.3 is 6.18 Å². The number of hydrogen-bond donors (Lipinski definition) is 1. The van der Waals surface area contributed by atoms with Crippen LogP contribution in [0.25, 0.3) is 0 Å². The second-order valence-electron chi connectivity index (χ2n) is 4.81. The quantitative estimate of drug-likeness (QED) is 0.882. The van der Waals surface area contributed by atoms with Crippen LogP contribution >= 0.6 is 24.8 Å². The first-order valence-electron chi connectivity index (χ1n) is 6.41. The zero-order valence-electron chi connectivity index (χ0n) is 11.9. The van der Waals surface area contributed by atoms with E-state index < -0.39 is 11.7 Å². The minimum absolute atomic E-state index is 0. The monoisotopic (exact) mass is 359 g/mol. The van der Waals surface area contributed by atoms with Gasteiger partial charge in [-0.15, -0.1) is 24.8 Å². The highest BCUT2D eigenvalue weighted by Gasteiger charge is 2.31. The van der Waals surface area contributed by atoms with E-state index in [-0.39, 0.29) is 42.5 Å². The number of likely N-dealkylation sites (N-methyl/N-ethyl adjacent to an activating group) is 1. The average Bonchev–Trinajstić information content (AvgIpc) is 2.46. The average molecular weight is 360 g/mol. The predicted octanol–water partition coefficient (Wildman–Crippen LogP) is 2.77. The molecule has 0 radical (unpaired) electrons. The molecular formula is C13H18Cl2F3N3O. The first-order valence-corrected chi connectivity index (χ1v) is 6.41. The molecule has 0 aromatic carbocycles. The van der Waals surface area contributed by atoms with E-state index in [0.29, 0.717) is 19.3 Å². The number of piperidine rings is 1. The third kappa shape index (κ3) is 5.00. The van der Waals surface area contributed by atoms with Gasteiger partial charge in [0.1, 0.15) is 5.69 Å². The van der Waals surface area contributed by atoms with Crippen molar-refractivity contribution in [3.63, 3.8) is 0 Å². The molecule has 0 aliphatic carbocycles. The second kappa shape index (κ2) is 8.55. The van der Waals surface area contributed by atoms with E-state index in [4.69, 9.17) is 0 Å². The Morgan fingerprint density at radius 3 is 2.55 bits per heavy atom. The number of nitrogens with one attached hydrogen (secondary N) is 1. The maximum absolute atomic E-state index is 12.4. The molecule has 1 amide bonds. The van der Waals surface area contributed by atoms with E-state index in [0.717, 1.165) is 25.0 Å². The zero-order chi connectivity index (χ0) is 14.8. The molecule has 1 unspecified atom stereocenters. The molecule has 22 heavy (non-hydrogen) atoms. The Morgan fingerprint density at radius 2 is 2.05 bits per heavy atom. The Balaban J connectivity index is 0.00000220. The van der Waals surface area contributed by atoms with Gasteiger partial charge in [-0.1, -0.05) is 0 Å². The van der Waals surface area contributed by atoms with Crippen molar-refractivity contribution in [2.75, 3.05) is 20.1 Å². The molecule has 0 bridgehead atoms. The number of carbonyl (C=O) groups excluding carboxylic acids is 1. The van der Waals surface area contributed by atoms with E-state index in [9.17, 15) is 18.0 Å². The molecule has 1 aliphatic heterocycles. The van der Waals surface area contributed by atoms with Crippen LogP contribution in [0.1, 0.15) is 28.9 Å². The van der Waals surface area contributed by atoms with Gasteiger partial charge in [0.15, 0.2) is 0 Å². The van der Waals surface area contributed by atoms with E-state index in [2.05, 4.69) is 10.3 Å². The Labute approximate surface area is 139 Å². The molecule has 1 aromatic heterocycles. The minimum Gasteiger partial charge on any atom is -0.336 e. The van der Waals surface area contributed by atoms with E-state index in [1.807, 2.05) is 7.05 Å². The number of nitrogens with zero attached hydrogens (tertiary/aromatic N) is 2. The molecule has 126 valence electrons. The summed E-state index contributed by atoms with van der Waals surface area (Å²) in [5, 5.41) is 3.11. The normalized spacial score (nSPS) is 18.2. The van der Waals surface area contributed by atoms with Crippen molar-refractivity contribution in [1.82, 2.24) is 15.2 Å². The highest BCUT2D eigenvalue weighted by Crippen LogP contribution is 2.28. The van der Waals surface area contributed by atoms with Gasteiger partial charge in [0.2, 0.25) is 0 Å². The zero-order valence-corrected chi connectivity index (χ0v) is 13.5. The molecule has 2 rings (SSSR count). The van der Waals surface area contributed by atoms with Crippen LogP contribution in [0.4, 0.5) is 13.2 Å². The lowest BCUT2D eigenvalue weighted by molar-refractivity contribution is -0.137. The summed E-state index contributed by atoms with van der Waals surface area (Å²) in [5.41, 5.74) is -0.796. The first-order chi connectivity index (χ1) is 9.41. The minimum atomic E-state index is -4.43. The van der Waals surface area contributed by atoms with Gasteiger partial charge in [-0.3, -0.25) is 9.78 Å². The SMILES string of the molecule is CNC1CCCN(C(=O)c2ccc(C(F)(F)F)cn2)C1.Cl.Cl. The second-order valence-corrected chi connectivity index (χ2v) is 4.81. The van der Waals surface area contributed by atoms with Gasteiger partial charge in [0.05, 0.1) is 5.56 Å². The lowest BCUT2D eigenvalue weighted by Crippen LogP contribution is -2.47. The molecule has 1 aromatic rings. The number of hydrogen-bond acceptors (Lipinski definition) is 3. The van der Waals surface area contributed by atoms with Crippen molar-refractivity contribution in [3.05, 3.63) is 29.6 Å².